The van der Waals surface area contributed by atoms with Crippen LogP contribution in [0.25, 0.3) is 0 Å². The lowest BCUT2D eigenvalue weighted by atomic mass is 10.1. The first-order chi connectivity index (χ1) is 11.3. The van der Waals surface area contributed by atoms with Gasteiger partial charge in [-0.1, -0.05) is 28.1 Å². The van der Waals surface area contributed by atoms with Crippen molar-refractivity contribution in [1.82, 2.24) is 15.5 Å². The van der Waals surface area contributed by atoms with E-state index in [-0.39, 0.29) is 30.4 Å². The van der Waals surface area contributed by atoms with E-state index in [0.29, 0.717) is 18.7 Å². The second-order valence-corrected chi connectivity index (χ2v) is 6.49. The van der Waals surface area contributed by atoms with E-state index in [1.54, 1.807) is 43.1 Å². The number of rotatable bonds is 9. The van der Waals surface area contributed by atoms with Crippen LogP contribution in [0.3, 0.4) is 0 Å². The molecule has 2 N–H and O–H groups in total. The second kappa shape index (κ2) is 10.2. The Morgan fingerprint density at radius 1 is 1.17 bits per heavy atom. The van der Waals surface area contributed by atoms with Gasteiger partial charge >= 0.3 is 0 Å². The molecule has 1 atom stereocenters. The molecule has 0 radical (unpaired) electrons. The molecule has 0 spiro atoms. The summed E-state index contributed by atoms with van der Waals surface area (Å²) in [6.07, 6.45) is 0.200. The number of nitrogens with zero attached hydrogens (tertiary/aromatic N) is 1. The number of hydrogen-bond acceptors (Lipinski definition) is 4. The Kier molecular flexibility index (Phi) is 8.63. The lowest BCUT2D eigenvalue weighted by Crippen LogP contribution is -2.39. The molecular weight excluding hydrogens is 374 g/mol. The minimum Gasteiger partial charge on any atom is -0.346 e. The number of hydrogen-bond donors (Lipinski definition) is 2. The standard InChI is InChI=1S/C17H24BrN3O3/c1-12(17(24)13-4-6-14(18)7-5-13)20-15(22)8-9-16(23)21(3)11-10-19-2/h4-7,12,19H,8-11H2,1-3H3,(H,20,22). The monoisotopic (exact) mass is 397 g/mol. The first-order valence-corrected chi connectivity index (χ1v) is 8.62. The van der Waals surface area contributed by atoms with Gasteiger partial charge in [0.2, 0.25) is 11.8 Å². The summed E-state index contributed by atoms with van der Waals surface area (Å²) >= 11 is 3.31. The molecule has 0 saturated heterocycles. The van der Waals surface area contributed by atoms with Crippen molar-refractivity contribution in [3.05, 3.63) is 34.3 Å². The maximum atomic E-state index is 12.2. The summed E-state index contributed by atoms with van der Waals surface area (Å²) in [5.74, 6) is -0.552. The molecule has 0 saturated carbocycles. The Morgan fingerprint density at radius 2 is 1.79 bits per heavy atom. The first kappa shape index (κ1) is 20.3. The van der Waals surface area contributed by atoms with E-state index >= 15 is 0 Å². The maximum Gasteiger partial charge on any atom is 0.222 e. The van der Waals surface area contributed by atoms with Crippen molar-refractivity contribution >= 4 is 33.5 Å². The lowest BCUT2D eigenvalue weighted by Gasteiger charge is -2.17. The summed E-state index contributed by atoms with van der Waals surface area (Å²) in [5.41, 5.74) is 0.536. The molecule has 7 heteroatoms. The summed E-state index contributed by atoms with van der Waals surface area (Å²) in [6.45, 7) is 2.94. The van der Waals surface area contributed by atoms with Crippen LogP contribution in [0.2, 0.25) is 0 Å². The number of carbonyl (C=O) groups is 3. The SMILES string of the molecule is CNCCN(C)C(=O)CCC(=O)NC(C)C(=O)c1ccc(Br)cc1. The Morgan fingerprint density at radius 3 is 2.38 bits per heavy atom. The Bertz CT molecular complexity index is 575. The molecule has 132 valence electrons. The Balaban J connectivity index is 2.42. The molecule has 1 aromatic rings. The number of benzene rings is 1. The van der Waals surface area contributed by atoms with E-state index < -0.39 is 6.04 Å². The molecule has 6 nitrogen and oxygen atoms in total. The van der Waals surface area contributed by atoms with Crippen LogP contribution in [0.4, 0.5) is 0 Å². The lowest BCUT2D eigenvalue weighted by molar-refractivity contribution is -0.132. The number of likely N-dealkylation sites (N-methyl/N-ethyl adjacent to an activating group) is 2. The van der Waals surface area contributed by atoms with Crippen molar-refractivity contribution in [2.75, 3.05) is 27.2 Å². The van der Waals surface area contributed by atoms with Gasteiger partial charge < -0.3 is 15.5 Å². The number of ketones is 1. The van der Waals surface area contributed by atoms with Gasteiger partial charge in [-0.05, 0) is 26.1 Å². The number of halogens is 1. The molecule has 1 rings (SSSR count). The first-order valence-electron chi connectivity index (χ1n) is 7.83. The molecule has 0 bridgehead atoms. The smallest absolute Gasteiger partial charge is 0.222 e. The van der Waals surface area contributed by atoms with Crippen molar-refractivity contribution in [3.63, 3.8) is 0 Å². The van der Waals surface area contributed by atoms with Gasteiger partial charge in [-0.2, -0.15) is 0 Å². The van der Waals surface area contributed by atoms with Gasteiger partial charge in [0.1, 0.15) is 0 Å². The predicted molar refractivity (Wildman–Crippen MR) is 96.9 cm³/mol. The number of amides is 2. The van der Waals surface area contributed by atoms with Crippen molar-refractivity contribution in [1.29, 1.82) is 0 Å². The molecule has 0 aliphatic heterocycles. The van der Waals surface area contributed by atoms with Crippen LogP contribution in [-0.4, -0.2) is 55.7 Å². The average Bonchev–Trinajstić information content (AvgIpc) is 2.57. The molecule has 0 fully saturated rings. The third kappa shape index (κ3) is 6.80. The van der Waals surface area contributed by atoms with Gasteiger partial charge in [0, 0.05) is 43.0 Å². The van der Waals surface area contributed by atoms with Crippen molar-refractivity contribution < 1.29 is 14.4 Å². The summed E-state index contributed by atoms with van der Waals surface area (Å²) in [7, 11) is 3.52. The summed E-state index contributed by atoms with van der Waals surface area (Å²) in [5, 5.41) is 5.61. The molecule has 0 aliphatic rings. The third-order valence-corrected chi connectivity index (χ3v) is 4.12. The fourth-order valence-corrected chi connectivity index (χ4v) is 2.32. The molecular formula is C17H24BrN3O3. The molecule has 2 amide bonds. The zero-order valence-corrected chi connectivity index (χ0v) is 15.9. The van der Waals surface area contributed by atoms with Crippen molar-refractivity contribution in [2.45, 2.75) is 25.8 Å². The minimum absolute atomic E-state index is 0.0701. The highest BCUT2D eigenvalue weighted by molar-refractivity contribution is 9.10. The van der Waals surface area contributed by atoms with E-state index in [4.69, 9.17) is 0 Å². The molecule has 1 unspecified atom stereocenters. The summed E-state index contributed by atoms with van der Waals surface area (Å²) in [6, 6.07) is 6.34. The molecule has 0 aliphatic carbocycles. The average molecular weight is 398 g/mol. The van der Waals surface area contributed by atoms with Crippen molar-refractivity contribution in [3.8, 4) is 0 Å². The Labute approximate surface area is 151 Å². The van der Waals surface area contributed by atoms with Gasteiger partial charge in [0.15, 0.2) is 5.78 Å². The quantitative estimate of drug-likeness (QED) is 0.620. The fourth-order valence-electron chi connectivity index (χ4n) is 2.06. The number of carbonyl (C=O) groups excluding carboxylic acids is 3. The van der Waals surface area contributed by atoms with E-state index in [2.05, 4.69) is 26.6 Å². The third-order valence-electron chi connectivity index (χ3n) is 3.59. The van der Waals surface area contributed by atoms with E-state index in [0.717, 1.165) is 4.47 Å². The predicted octanol–water partition coefficient (Wildman–Crippen LogP) is 1.59. The number of Topliss-reactive ketones (excluding diaryl/α,β-unsaturated/α-hetero) is 1. The fraction of sp³-hybridized carbons (Fsp3) is 0.471. The summed E-state index contributed by atoms with van der Waals surface area (Å²) < 4.78 is 0.886. The van der Waals surface area contributed by atoms with Gasteiger partial charge in [-0.25, -0.2) is 0 Å². The van der Waals surface area contributed by atoms with E-state index in [1.165, 1.54) is 0 Å². The van der Waals surface area contributed by atoms with Crippen LogP contribution < -0.4 is 10.6 Å². The Hall–Kier alpha value is -1.73. The maximum absolute atomic E-state index is 12.2. The number of nitrogens with one attached hydrogen (secondary N) is 2. The van der Waals surface area contributed by atoms with Crippen LogP contribution >= 0.6 is 15.9 Å². The van der Waals surface area contributed by atoms with Gasteiger partial charge in [-0.15, -0.1) is 0 Å². The minimum atomic E-state index is -0.629. The molecule has 1 aromatic carbocycles. The summed E-state index contributed by atoms with van der Waals surface area (Å²) in [4.78, 5) is 37.6. The van der Waals surface area contributed by atoms with Gasteiger partial charge in [0.25, 0.3) is 0 Å². The highest BCUT2D eigenvalue weighted by Crippen LogP contribution is 2.12. The topological polar surface area (TPSA) is 78.5 Å². The van der Waals surface area contributed by atoms with Crippen molar-refractivity contribution in [2.24, 2.45) is 0 Å². The van der Waals surface area contributed by atoms with Crippen LogP contribution in [0.1, 0.15) is 30.1 Å². The highest BCUT2D eigenvalue weighted by atomic mass is 79.9. The van der Waals surface area contributed by atoms with Crippen LogP contribution in [-0.2, 0) is 9.59 Å². The van der Waals surface area contributed by atoms with Gasteiger partial charge in [0.05, 0.1) is 6.04 Å². The molecule has 0 heterocycles. The zero-order chi connectivity index (χ0) is 18.1. The second-order valence-electron chi connectivity index (χ2n) is 5.58. The van der Waals surface area contributed by atoms with Crippen LogP contribution in [0.5, 0.6) is 0 Å². The van der Waals surface area contributed by atoms with Crippen LogP contribution in [0, 0.1) is 0 Å². The van der Waals surface area contributed by atoms with E-state index in [1.807, 2.05) is 7.05 Å². The largest absolute Gasteiger partial charge is 0.346 e. The highest BCUT2D eigenvalue weighted by Gasteiger charge is 2.18. The molecule has 0 aromatic heterocycles. The van der Waals surface area contributed by atoms with Gasteiger partial charge in [-0.3, -0.25) is 14.4 Å². The zero-order valence-electron chi connectivity index (χ0n) is 14.3. The van der Waals surface area contributed by atoms with Crippen LogP contribution in [0.15, 0.2) is 28.7 Å². The normalized spacial score (nSPS) is 11.7. The van der Waals surface area contributed by atoms with E-state index in [9.17, 15) is 14.4 Å². The molecule has 24 heavy (non-hydrogen) atoms.